The van der Waals surface area contributed by atoms with Gasteiger partial charge in [0.15, 0.2) is 5.69 Å². The molecule has 0 fully saturated rings. The smallest absolute Gasteiger partial charge is 0.356 e. The van der Waals surface area contributed by atoms with Gasteiger partial charge in [0.05, 0.1) is 10.7 Å². The minimum Gasteiger partial charge on any atom is -0.506 e. The van der Waals surface area contributed by atoms with E-state index >= 15 is 0 Å². The van der Waals surface area contributed by atoms with Gasteiger partial charge in [-0.2, -0.15) is 5.10 Å². The average molecular weight is 253 g/mol. The van der Waals surface area contributed by atoms with Crippen molar-refractivity contribution in [3.63, 3.8) is 0 Å². The van der Waals surface area contributed by atoms with Crippen molar-refractivity contribution in [2.45, 2.75) is 0 Å². The molecule has 88 valence electrons. The lowest BCUT2D eigenvalue weighted by Gasteiger charge is -2.03. The van der Waals surface area contributed by atoms with E-state index < -0.39 is 5.97 Å². The number of carbonyl (C=O) groups is 1. The molecule has 0 radical (unpaired) electrons. The number of phenols is 1. The van der Waals surface area contributed by atoms with Crippen molar-refractivity contribution in [3.05, 3.63) is 35.0 Å². The Labute approximate surface area is 102 Å². The monoisotopic (exact) mass is 252 g/mol. The van der Waals surface area contributed by atoms with Crippen molar-refractivity contribution in [1.82, 2.24) is 9.78 Å². The van der Waals surface area contributed by atoms with Crippen molar-refractivity contribution in [3.8, 4) is 17.0 Å². The minimum absolute atomic E-state index is 0.0176. The van der Waals surface area contributed by atoms with Crippen molar-refractivity contribution in [1.29, 1.82) is 0 Å². The van der Waals surface area contributed by atoms with Crippen molar-refractivity contribution >= 4 is 17.6 Å². The summed E-state index contributed by atoms with van der Waals surface area (Å²) in [4.78, 5) is 10.8. The van der Waals surface area contributed by atoms with Crippen LogP contribution in [-0.2, 0) is 7.05 Å². The van der Waals surface area contributed by atoms with Gasteiger partial charge in [-0.3, -0.25) is 4.68 Å². The molecule has 0 unspecified atom stereocenters. The molecule has 2 rings (SSSR count). The molecule has 2 N–H and O–H groups in total. The standard InChI is InChI=1S/C11H9ClN2O3/c1-14-9(5-8(13-14)11(16)17)6-2-3-10(15)7(12)4-6/h2-5,15H,1H3,(H,16,17). The van der Waals surface area contributed by atoms with E-state index in [1.165, 1.54) is 16.8 Å². The fourth-order valence-electron chi connectivity index (χ4n) is 1.51. The molecule has 0 spiro atoms. The van der Waals surface area contributed by atoms with E-state index in [1.807, 2.05) is 0 Å². The second kappa shape index (κ2) is 4.10. The Hall–Kier alpha value is -2.01. The van der Waals surface area contributed by atoms with Crippen LogP contribution in [0.15, 0.2) is 24.3 Å². The Kier molecular flexibility index (Phi) is 2.77. The van der Waals surface area contributed by atoms with Gasteiger partial charge in [-0.15, -0.1) is 0 Å². The quantitative estimate of drug-likeness (QED) is 0.859. The molecule has 1 aromatic heterocycles. The molecule has 0 bridgehead atoms. The largest absolute Gasteiger partial charge is 0.506 e. The molecule has 0 atom stereocenters. The molecule has 0 aliphatic heterocycles. The number of phenolic OH excluding ortho intramolecular Hbond substituents is 1. The van der Waals surface area contributed by atoms with Gasteiger partial charge < -0.3 is 10.2 Å². The first kappa shape index (κ1) is 11.5. The molecule has 1 heterocycles. The van der Waals surface area contributed by atoms with Gasteiger partial charge in [0.1, 0.15) is 5.75 Å². The Balaban J connectivity index is 2.52. The Morgan fingerprint density at radius 2 is 2.12 bits per heavy atom. The summed E-state index contributed by atoms with van der Waals surface area (Å²) < 4.78 is 1.45. The zero-order valence-electron chi connectivity index (χ0n) is 8.88. The molecular weight excluding hydrogens is 244 g/mol. The first-order valence-electron chi connectivity index (χ1n) is 4.75. The Morgan fingerprint density at radius 3 is 2.65 bits per heavy atom. The van der Waals surface area contributed by atoms with Gasteiger partial charge in [0, 0.05) is 12.6 Å². The van der Waals surface area contributed by atoms with Gasteiger partial charge in [0.25, 0.3) is 0 Å². The third-order valence-corrected chi connectivity index (χ3v) is 2.65. The van der Waals surface area contributed by atoms with E-state index in [0.717, 1.165) is 0 Å². The van der Waals surface area contributed by atoms with E-state index in [2.05, 4.69) is 5.10 Å². The highest BCUT2D eigenvalue weighted by Crippen LogP contribution is 2.29. The SMILES string of the molecule is Cn1nc(C(=O)O)cc1-c1ccc(O)c(Cl)c1. The van der Waals surface area contributed by atoms with E-state index in [1.54, 1.807) is 19.2 Å². The van der Waals surface area contributed by atoms with Crippen molar-refractivity contribution < 1.29 is 15.0 Å². The number of benzene rings is 1. The summed E-state index contributed by atoms with van der Waals surface area (Å²) in [5, 5.41) is 22.2. The van der Waals surface area contributed by atoms with Gasteiger partial charge in [-0.1, -0.05) is 11.6 Å². The van der Waals surface area contributed by atoms with Crippen LogP contribution in [0.1, 0.15) is 10.5 Å². The van der Waals surface area contributed by atoms with E-state index in [9.17, 15) is 9.90 Å². The summed E-state index contributed by atoms with van der Waals surface area (Å²) in [6, 6.07) is 6.10. The summed E-state index contributed by atoms with van der Waals surface area (Å²) in [6.45, 7) is 0. The van der Waals surface area contributed by atoms with Gasteiger partial charge in [0.2, 0.25) is 0 Å². The predicted octanol–water partition coefficient (Wildman–Crippen LogP) is 2.14. The van der Waals surface area contributed by atoms with Gasteiger partial charge >= 0.3 is 5.97 Å². The average Bonchev–Trinajstić information content (AvgIpc) is 2.65. The maximum absolute atomic E-state index is 10.8. The fourth-order valence-corrected chi connectivity index (χ4v) is 1.69. The number of carboxylic acids is 1. The predicted molar refractivity (Wildman–Crippen MR) is 62.3 cm³/mol. The highest BCUT2D eigenvalue weighted by Gasteiger charge is 2.13. The number of carboxylic acid groups (broad SMARTS) is 1. The number of halogens is 1. The zero-order chi connectivity index (χ0) is 12.6. The van der Waals surface area contributed by atoms with Crippen LogP contribution in [0.25, 0.3) is 11.3 Å². The summed E-state index contributed by atoms with van der Waals surface area (Å²) in [7, 11) is 1.64. The Bertz CT molecular complexity index is 592. The van der Waals surface area contributed by atoms with Crippen LogP contribution in [-0.4, -0.2) is 26.0 Å². The number of hydrogen-bond donors (Lipinski definition) is 2. The molecule has 0 saturated heterocycles. The third-order valence-electron chi connectivity index (χ3n) is 2.34. The third kappa shape index (κ3) is 2.09. The molecule has 2 aromatic rings. The van der Waals surface area contributed by atoms with Crippen LogP contribution in [0.2, 0.25) is 5.02 Å². The number of rotatable bonds is 2. The minimum atomic E-state index is -1.09. The normalized spacial score (nSPS) is 10.5. The maximum Gasteiger partial charge on any atom is 0.356 e. The number of hydrogen-bond acceptors (Lipinski definition) is 3. The molecule has 0 saturated carbocycles. The van der Waals surface area contributed by atoms with Gasteiger partial charge in [-0.05, 0) is 24.3 Å². The van der Waals surface area contributed by atoms with Crippen LogP contribution in [0.3, 0.4) is 0 Å². The van der Waals surface area contributed by atoms with E-state index in [4.69, 9.17) is 16.7 Å². The van der Waals surface area contributed by atoms with Gasteiger partial charge in [-0.25, -0.2) is 4.79 Å². The van der Waals surface area contributed by atoms with Crippen LogP contribution >= 0.6 is 11.6 Å². The highest BCUT2D eigenvalue weighted by molar-refractivity contribution is 6.32. The summed E-state index contributed by atoms with van der Waals surface area (Å²) >= 11 is 5.79. The summed E-state index contributed by atoms with van der Waals surface area (Å²) in [6.07, 6.45) is 0. The second-order valence-electron chi connectivity index (χ2n) is 3.51. The van der Waals surface area contributed by atoms with E-state index in [0.29, 0.717) is 11.3 Å². The fraction of sp³-hybridized carbons (Fsp3) is 0.0909. The highest BCUT2D eigenvalue weighted by atomic mass is 35.5. The number of nitrogens with zero attached hydrogens (tertiary/aromatic N) is 2. The van der Waals surface area contributed by atoms with Crippen molar-refractivity contribution in [2.24, 2.45) is 7.05 Å². The van der Waals surface area contributed by atoms with Crippen LogP contribution in [0, 0.1) is 0 Å². The Morgan fingerprint density at radius 1 is 1.41 bits per heavy atom. The second-order valence-corrected chi connectivity index (χ2v) is 3.92. The molecule has 5 nitrogen and oxygen atoms in total. The van der Waals surface area contributed by atoms with Crippen LogP contribution in [0.4, 0.5) is 0 Å². The lowest BCUT2D eigenvalue weighted by molar-refractivity contribution is 0.0689. The number of aryl methyl sites for hydroxylation is 1. The van der Waals surface area contributed by atoms with Crippen molar-refractivity contribution in [2.75, 3.05) is 0 Å². The molecule has 1 aromatic carbocycles. The maximum atomic E-state index is 10.8. The topological polar surface area (TPSA) is 75.4 Å². The molecule has 17 heavy (non-hydrogen) atoms. The summed E-state index contributed by atoms with van der Waals surface area (Å²) in [5.41, 5.74) is 1.27. The molecular formula is C11H9ClN2O3. The molecule has 0 aliphatic rings. The zero-order valence-corrected chi connectivity index (χ0v) is 9.64. The van der Waals surface area contributed by atoms with Crippen LogP contribution < -0.4 is 0 Å². The number of aromatic hydroxyl groups is 1. The molecule has 6 heteroatoms. The lowest BCUT2D eigenvalue weighted by atomic mass is 10.1. The molecule has 0 aliphatic carbocycles. The first-order valence-corrected chi connectivity index (χ1v) is 5.13. The number of aromatic nitrogens is 2. The first-order chi connectivity index (χ1) is 7.99. The van der Waals surface area contributed by atoms with E-state index in [-0.39, 0.29) is 16.5 Å². The number of aromatic carboxylic acids is 1. The lowest BCUT2D eigenvalue weighted by Crippen LogP contribution is -1.99. The summed E-state index contributed by atoms with van der Waals surface area (Å²) in [5.74, 6) is -1.10. The van der Waals surface area contributed by atoms with Crippen LogP contribution in [0.5, 0.6) is 5.75 Å². The molecule has 0 amide bonds.